The van der Waals surface area contributed by atoms with E-state index in [-0.39, 0.29) is 25.3 Å². The second kappa shape index (κ2) is 11.0. The highest BCUT2D eigenvalue weighted by Crippen LogP contribution is 2.42. The lowest BCUT2D eigenvalue weighted by Gasteiger charge is -2.35. The van der Waals surface area contributed by atoms with Crippen molar-refractivity contribution in [3.05, 3.63) is 79.0 Å². The third-order valence-corrected chi connectivity index (χ3v) is 8.16. The number of fused-ring (bicyclic) bond motifs is 1. The van der Waals surface area contributed by atoms with Gasteiger partial charge in [-0.2, -0.15) is 0 Å². The van der Waals surface area contributed by atoms with E-state index in [1.165, 1.54) is 32.7 Å². The van der Waals surface area contributed by atoms with Gasteiger partial charge in [0.25, 0.3) is 5.56 Å². The number of benzene rings is 1. The molecule has 1 aromatic carbocycles. The lowest BCUT2D eigenvalue weighted by Crippen LogP contribution is -2.47. The summed E-state index contributed by atoms with van der Waals surface area (Å²) in [5.74, 6) is 0.563. The largest absolute Gasteiger partial charge is 0.486 e. The van der Waals surface area contributed by atoms with E-state index >= 15 is 4.39 Å². The van der Waals surface area contributed by atoms with Crippen molar-refractivity contribution in [1.29, 1.82) is 0 Å². The maximum absolute atomic E-state index is 15.1. The SMILES string of the molecule is Cc1cc(Cl)cc(-c2ccnc3cc(Cn4c(=O)ccn(C)c4=O)sc23)c1O[C@H]1CCN(CCO)C[C@@H]1F. The summed E-state index contributed by atoms with van der Waals surface area (Å²) in [4.78, 5) is 32.1. The molecule has 0 saturated carbocycles. The maximum atomic E-state index is 15.1. The average Bonchev–Trinajstić information content (AvgIpc) is 3.30. The van der Waals surface area contributed by atoms with Crippen LogP contribution in [-0.2, 0) is 13.6 Å². The molecule has 2 atom stereocenters. The van der Waals surface area contributed by atoms with Crippen molar-refractivity contribution in [3.8, 4) is 16.9 Å². The predicted octanol–water partition coefficient (Wildman–Crippen LogP) is 3.62. The molecule has 0 aliphatic carbocycles. The molecule has 200 valence electrons. The Bertz CT molecular complexity index is 1600. The van der Waals surface area contributed by atoms with Gasteiger partial charge in [-0.3, -0.25) is 19.2 Å². The first kappa shape index (κ1) is 26.6. The number of alkyl halides is 1. The van der Waals surface area contributed by atoms with Crippen LogP contribution in [0.3, 0.4) is 0 Å². The van der Waals surface area contributed by atoms with Crippen LogP contribution in [0.5, 0.6) is 5.75 Å². The number of likely N-dealkylation sites (tertiary alicyclic amines) is 1. The molecular formula is C27H28ClFN4O4S. The van der Waals surface area contributed by atoms with Gasteiger partial charge in [-0.25, -0.2) is 9.18 Å². The highest BCUT2D eigenvalue weighted by atomic mass is 35.5. The Hall–Kier alpha value is -3.05. The monoisotopic (exact) mass is 558 g/mol. The standard InChI is InChI=1S/C27H28ClFN4O4S/c1-16-11-17(28)12-20(25(16)37-23-4-8-32(9-10-34)15-21(23)29)19-3-6-30-22-13-18(38-26(19)22)14-33-24(35)5-7-31(2)27(33)36/h3,5-7,11-13,21,23,34H,4,8-10,14-15H2,1-2H3/t21-,23-/m0/s1. The molecule has 1 fully saturated rings. The molecule has 11 heteroatoms. The lowest BCUT2D eigenvalue weighted by molar-refractivity contribution is 0.0167. The molecule has 1 aliphatic heterocycles. The molecule has 0 unspecified atom stereocenters. The molecule has 0 amide bonds. The van der Waals surface area contributed by atoms with E-state index < -0.39 is 18.0 Å². The Morgan fingerprint density at radius 3 is 2.82 bits per heavy atom. The van der Waals surface area contributed by atoms with Gasteiger partial charge in [-0.05, 0) is 43.2 Å². The Morgan fingerprint density at radius 1 is 1.24 bits per heavy atom. The first-order chi connectivity index (χ1) is 18.2. The zero-order chi connectivity index (χ0) is 27.0. The van der Waals surface area contributed by atoms with Crippen LogP contribution in [-0.4, -0.2) is 62.6 Å². The number of hydrogen-bond acceptors (Lipinski definition) is 7. The predicted molar refractivity (Wildman–Crippen MR) is 147 cm³/mol. The minimum Gasteiger partial charge on any atom is -0.486 e. The normalized spacial score (nSPS) is 18.2. The van der Waals surface area contributed by atoms with Gasteiger partial charge in [0.1, 0.15) is 18.0 Å². The van der Waals surface area contributed by atoms with Crippen molar-refractivity contribution >= 4 is 33.2 Å². The molecule has 38 heavy (non-hydrogen) atoms. The first-order valence-corrected chi connectivity index (χ1v) is 13.5. The topological polar surface area (TPSA) is 89.6 Å². The number of β-amino-alcohol motifs (C(OH)–C–C–N with tert-alkyl or cyclic N) is 1. The zero-order valence-electron chi connectivity index (χ0n) is 21.1. The van der Waals surface area contributed by atoms with Crippen LogP contribution in [0.25, 0.3) is 21.3 Å². The number of halogens is 2. The van der Waals surface area contributed by atoms with Crippen molar-refractivity contribution in [2.45, 2.75) is 32.2 Å². The summed E-state index contributed by atoms with van der Waals surface area (Å²) in [6.45, 7) is 3.29. The van der Waals surface area contributed by atoms with Crippen LogP contribution in [0, 0.1) is 6.92 Å². The summed E-state index contributed by atoms with van der Waals surface area (Å²) >= 11 is 7.90. The minimum atomic E-state index is -1.20. The van der Waals surface area contributed by atoms with E-state index in [1.54, 1.807) is 19.3 Å². The summed E-state index contributed by atoms with van der Waals surface area (Å²) in [5.41, 5.74) is 2.30. The van der Waals surface area contributed by atoms with Gasteiger partial charge >= 0.3 is 5.69 Å². The zero-order valence-corrected chi connectivity index (χ0v) is 22.6. The maximum Gasteiger partial charge on any atom is 0.331 e. The fraction of sp³-hybridized carbons (Fsp3) is 0.370. The Labute approximate surface area is 227 Å². The van der Waals surface area contributed by atoms with E-state index in [0.717, 1.165) is 26.3 Å². The Morgan fingerprint density at radius 2 is 2.05 bits per heavy atom. The van der Waals surface area contributed by atoms with E-state index in [0.29, 0.717) is 35.8 Å². The third-order valence-electron chi connectivity index (χ3n) is 6.80. The number of ether oxygens (including phenoxy) is 1. The number of pyridine rings is 1. The molecule has 1 N–H and O–H groups in total. The molecule has 4 aromatic rings. The number of aromatic nitrogens is 3. The van der Waals surface area contributed by atoms with Crippen LogP contribution in [0.15, 0.2) is 52.3 Å². The molecule has 1 saturated heterocycles. The lowest BCUT2D eigenvalue weighted by atomic mass is 10.0. The van der Waals surface area contributed by atoms with Gasteiger partial charge in [-0.1, -0.05) is 11.6 Å². The number of aliphatic hydroxyl groups excluding tert-OH is 1. The summed E-state index contributed by atoms with van der Waals surface area (Å²) < 4.78 is 24.8. The molecule has 8 nitrogen and oxygen atoms in total. The summed E-state index contributed by atoms with van der Waals surface area (Å²) in [6, 6.07) is 8.71. The Kier molecular flexibility index (Phi) is 7.67. The van der Waals surface area contributed by atoms with Gasteiger partial charge in [0.15, 0.2) is 0 Å². The highest BCUT2D eigenvalue weighted by Gasteiger charge is 2.32. The first-order valence-electron chi connectivity index (χ1n) is 12.3. The summed E-state index contributed by atoms with van der Waals surface area (Å²) in [5, 5.41) is 9.72. The molecule has 0 radical (unpaired) electrons. The minimum absolute atomic E-state index is 0.00694. The van der Waals surface area contributed by atoms with Gasteiger partial charge in [0, 0.05) is 66.2 Å². The van der Waals surface area contributed by atoms with Gasteiger partial charge in [0.2, 0.25) is 0 Å². The fourth-order valence-corrected chi connectivity index (χ4v) is 6.26. The molecule has 4 heterocycles. The summed E-state index contributed by atoms with van der Waals surface area (Å²) in [7, 11) is 1.60. The van der Waals surface area contributed by atoms with Gasteiger partial charge < -0.3 is 14.4 Å². The van der Waals surface area contributed by atoms with Crippen molar-refractivity contribution in [1.82, 2.24) is 19.0 Å². The van der Waals surface area contributed by atoms with Crippen molar-refractivity contribution in [3.63, 3.8) is 0 Å². The number of aryl methyl sites for hydroxylation is 2. The van der Waals surface area contributed by atoms with Crippen molar-refractivity contribution in [2.24, 2.45) is 7.05 Å². The van der Waals surface area contributed by atoms with Crippen LogP contribution in [0.2, 0.25) is 5.02 Å². The number of rotatable bonds is 7. The molecule has 1 aliphatic rings. The highest BCUT2D eigenvalue weighted by molar-refractivity contribution is 7.19. The van der Waals surface area contributed by atoms with Gasteiger partial charge in [0.05, 0.1) is 23.4 Å². The second-order valence-corrected chi connectivity index (χ2v) is 11.1. The molecule has 0 spiro atoms. The van der Waals surface area contributed by atoms with E-state index in [1.807, 2.05) is 30.0 Å². The number of hydrogen-bond donors (Lipinski definition) is 1. The molecule has 0 bridgehead atoms. The number of thiophene rings is 1. The van der Waals surface area contributed by atoms with Crippen LogP contribution in [0.1, 0.15) is 16.9 Å². The quantitative estimate of drug-likeness (QED) is 0.373. The fourth-order valence-electron chi connectivity index (χ4n) is 4.85. The van der Waals surface area contributed by atoms with Gasteiger partial charge in [-0.15, -0.1) is 11.3 Å². The molecular weight excluding hydrogens is 531 g/mol. The summed E-state index contributed by atoms with van der Waals surface area (Å²) in [6.07, 6.45) is 1.82. The number of nitrogens with zero attached hydrogens (tertiary/aromatic N) is 4. The van der Waals surface area contributed by atoms with E-state index in [9.17, 15) is 14.7 Å². The third kappa shape index (κ3) is 5.26. The molecule has 3 aromatic heterocycles. The second-order valence-electron chi connectivity index (χ2n) is 9.50. The molecule has 5 rings (SSSR count). The Balaban J connectivity index is 1.53. The van der Waals surface area contributed by atoms with Crippen LogP contribution < -0.4 is 16.0 Å². The van der Waals surface area contributed by atoms with E-state index in [2.05, 4.69) is 4.98 Å². The van der Waals surface area contributed by atoms with Crippen LogP contribution in [0.4, 0.5) is 4.39 Å². The van der Waals surface area contributed by atoms with Crippen LogP contribution >= 0.6 is 22.9 Å². The smallest absolute Gasteiger partial charge is 0.331 e. The van der Waals surface area contributed by atoms with Crippen molar-refractivity contribution in [2.75, 3.05) is 26.2 Å². The van der Waals surface area contributed by atoms with E-state index in [4.69, 9.17) is 16.3 Å². The van der Waals surface area contributed by atoms with Crippen molar-refractivity contribution < 1.29 is 14.2 Å². The number of aliphatic hydroxyl groups is 1. The number of piperidine rings is 1. The average molecular weight is 559 g/mol.